The van der Waals surface area contributed by atoms with Gasteiger partial charge >= 0.3 is 8.45 Å². The largest absolute Gasteiger partial charge is 0.475 e. The molecule has 2 aromatic heterocycles. The molecule has 3 aromatic rings. The van der Waals surface area contributed by atoms with E-state index in [9.17, 15) is 0 Å². The molecule has 1 aromatic carbocycles. The third-order valence-electron chi connectivity index (χ3n) is 4.84. The van der Waals surface area contributed by atoms with Crippen LogP contribution in [0, 0.1) is 5.92 Å². The first-order valence-corrected chi connectivity index (χ1v) is 10.5. The Morgan fingerprint density at radius 1 is 1.07 bits per heavy atom. The van der Waals surface area contributed by atoms with Gasteiger partial charge in [-0.3, -0.25) is 8.68 Å². The lowest BCUT2D eigenvalue weighted by Gasteiger charge is -2.21. The molecule has 0 N–H and O–H groups in total. The lowest BCUT2D eigenvalue weighted by Crippen LogP contribution is -2.16. The minimum atomic E-state index is -1.09. The molecule has 0 radical (unpaired) electrons. The van der Waals surface area contributed by atoms with Crippen molar-refractivity contribution in [3.8, 4) is 5.75 Å². The lowest BCUT2D eigenvalue weighted by molar-refractivity contribution is 0.282. The van der Waals surface area contributed by atoms with Crippen molar-refractivity contribution in [2.24, 2.45) is 10.9 Å². The number of ether oxygens (including phenoxy) is 1. The quantitative estimate of drug-likeness (QED) is 0.529. The van der Waals surface area contributed by atoms with Gasteiger partial charge in [0.2, 0.25) is 5.90 Å². The predicted molar refractivity (Wildman–Crippen MR) is 109 cm³/mol. The summed E-state index contributed by atoms with van der Waals surface area (Å²) in [4.78, 5) is 4.83. The van der Waals surface area contributed by atoms with E-state index in [-0.39, 0.29) is 6.04 Å². The maximum absolute atomic E-state index is 6.50. The number of aromatic nitrogens is 2. The zero-order valence-corrected chi connectivity index (χ0v) is 16.5. The molecule has 0 saturated carbocycles. The highest BCUT2D eigenvalue weighted by Gasteiger charge is 2.27. The van der Waals surface area contributed by atoms with Gasteiger partial charge < -0.3 is 9.26 Å². The van der Waals surface area contributed by atoms with Crippen LogP contribution in [0.25, 0.3) is 0 Å². The average Bonchev–Trinajstić information content (AvgIpc) is 3.48. The first kappa shape index (κ1) is 17.9. The van der Waals surface area contributed by atoms with E-state index in [1.807, 2.05) is 73.3 Å². The van der Waals surface area contributed by atoms with E-state index in [4.69, 9.17) is 14.3 Å². The van der Waals surface area contributed by atoms with Gasteiger partial charge in [-0.1, -0.05) is 32.4 Å². The van der Waals surface area contributed by atoms with Gasteiger partial charge in [0.1, 0.15) is 12.4 Å². The molecule has 0 aliphatic carbocycles. The standard InChI is InChI=1S/C21H24N3O2P/c1-3-17(2)19-16-25-21(22-19)18-10-4-5-11-20(18)26-27(23-12-6-7-13-23)24-14-8-9-15-24/h4-15,17,19H,3,16H2,1-2H3/t17-,19+/m0/s1. The summed E-state index contributed by atoms with van der Waals surface area (Å²) in [5, 5.41) is 0. The highest BCUT2D eigenvalue weighted by Crippen LogP contribution is 2.42. The molecule has 0 saturated heterocycles. The number of hydrogen-bond donors (Lipinski definition) is 0. The fraction of sp³-hybridized carbons (Fsp3) is 0.286. The van der Waals surface area contributed by atoms with Crippen LogP contribution in [0.4, 0.5) is 0 Å². The first-order valence-electron chi connectivity index (χ1n) is 9.31. The van der Waals surface area contributed by atoms with Crippen LogP contribution in [0.1, 0.15) is 25.8 Å². The Bertz CT molecular complexity index is 856. The molecule has 6 heteroatoms. The third-order valence-corrected chi connectivity index (χ3v) is 6.53. The number of rotatable bonds is 7. The second kappa shape index (κ2) is 8.01. The van der Waals surface area contributed by atoms with Gasteiger partial charge in [0.05, 0.1) is 11.6 Å². The summed E-state index contributed by atoms with van der Waals surface area (Å²) in [5.74, 6) is 1.98. The highest BCUT2D eigenvalue weighted by molar-refractivity contribution is 7.49. The third kappa shape index (κ3) is 3.79. The summed E-state index contributed by atoms with van der Waals surface area (Å²) in [6.07, 6.45) is 9.19. The van der Waals surface area contributed by atoms with E-state index in [1.54, 1.807) is 0 Å². The van der Waals surface area contributed by atoms with Crippen molar-refractivity contribution in [1.29, 1.82) is 0 Å². The lowest BCUT2D eigenvalue weighted by atomic mass is 10.0. The number of nitrogens with zero attached hydrogens (tertiary/aromatic N) is 3. The van der Waals surface area contributed by atoms with Gasteiger partial charge in [0.25, 0.3) is 0 Å². The van der Waals surface area contributed by atoms with Crippen molar-refractivity contribution in [3.63, 3.8) is 0 Å². The molecule has 1 aliphatic heterocycles. The Morgan fingerprint density at radius 2 is 1.70 bits per heavy atom. The molecule has 0 unspecified atom stereocenters. The van der Waals surface area contributed by atoms with Crippen molar-refractivity contribution in [2.75, 3.05) is 6.61 Å². The summed E-state index contributed by atoms with van der Waals surface area (Å²) < 4.78 is 16.6. The molecular formula is C21H24N3O2P. The fourth-order valence-corrected chi connectivity index (χ4v) is 4.53. The predicted octanol–water partition coefficient (Wildman–Crippen LogP) is 5.18. The fourth-order valence-electron chi connectivity index (χ4n) is 3.00. The molecule has 4 rings (SSSR count). The molecule has 0 bridgehead atoms. The van der Waals surface area contributed by atoms with Gasteiger partial charge in [0, 0.05) is 24.8 Å². The minimum absolute atomic E-state index is 0.216. The van der Waals surface area contributed by atoms with Crippen LogP contribution in [0.3, 0.4) is 0 Å². The highest BCUT2D eigenvalue weighted by atomic mass is 31.2. The van der Waals surface area contributed by atoms with Crippen molar-refractivity contribution >= 4 is 14.3 Å². The summed E-state index contributed by atoms with van der Waals surface area (Å²) >= 11 is 0. The number of para-hydroxylation sites is 1. The Morgan fingerprint density at radius 3 is 2.33 bits per heavy atom. The topological polar surface area (TPSA) is 40.7 Å². The summed E-state index contributed by atoms with van der Waals surface area (Å²) in [6.45, 7) is 5.06. The summed E-state index contributed by atoms with van der Waals surface area (Å²) in [5.41, 5.74) is 0.912. The second-order valence-corrected chi connectivity index (χ2v) is 8.28. The van der Waals surface area contributed by atoms with E-state index >= 15 is 0 Å². The minimum Gasteiger partial charge on any atom is -0.475 e. The molecular weight excluding hydrogens is 357 g/mol. The summed E-state index contributed by atoms with van der Waals surface area (Å²) in [6, 6.07) is 16.2. The van der Waals surface area contributed by atoms with Crippen LogP contribution in [-0.4, -0.2) is 27.2 Å². The van der Waals surface area contributed by atoms with Crippen LogP contribution >= 0.6 is 8.45 Å². The van der Waals surface area contributed by atoms with Crippen LogP contribution < -0.4 is 4.52 Å². The monoisotopic (exact) mass is 381 g/mol. The molecule has 0 fully saturated rings. The van der Waals surface area contributed by atoms with Crippen molar-refractivity contribution in [1.82, 2.24) is 8.68 Å². The van der Waals surface area contributed by atoms with E-state index in [0.29, 0.717) is 18.4 Å². The second-order valence-electron chi connectivity index (χ2n) is 6.66. The van der Waals surface area contributed by atoms with Gasteiger partial charge in [-0.25, -0.2) is 4.99 Å². The zero-order valence-electron chi connectivity index (χ0n) is 15.6. The van der Waals surface area contributed by atoms with Crippen LogP contribution in [0.15, 0.2) is 78.3 Å². The number of aliphatic imine (C=N–C) groups is 1. The van der Waals surface area contributed by atoms with Gasteiger partial charge in [-0.2, -0.15) is 0 Å². The summed E-state index contributed by atoms with van der Waals surface area (Å²) in [7, 11) is -1.09. The maximum atomic E-state index is 6.50. The molecule has 0 spiro atoms. The first-order chi connectivity index (χ1) is 13.3. The molecule has 3 heterocycles. The van der Waals surface area contributed by atoms with E-state index in [1.165, 1.54) is 0 Å². The average molecular weight is 381 g/mol. The molecule has 0 amide bonds. The van der Waals surface area contributed by atoms with Gasteiger partial charge in [-0.05, 0) is 42.3 Å². The molecule has 27 heavy (non-hydrogen) atoms. The van der Waals surface area contributed by atoms with Crippen molar-refractivity contribution in [2.45, 2.75) is 26.3 Å². The van der Waals surface area contributed by atoms with Crippen LogP contribution in [0.5, 0.6) is 5.75 Å². The van der Waals surface area contributed by atoms with E-state index < -0.39 is 8.45 Å². The maximum Gasteiger partial charge on any atom is 0.317 e. The number of hydrogen-bond acceptors (Lipinski definition) is 3. The molecule has 5 nitrogen and oxygen atoms in total. The molecule has 140 valence electrons. The van der Waals surface area contributed by atoms with E-state index in [2.05, 4.69) is 22.5 Å². The SMILES string of the molecule is CC[C@H](C)[C@H]1COC(c2ccccc2OP(n2cccc2)n2cccc2)=N1. The Balaban J connectivity index is 1.65. The van der Waals surface area contributed by atoms with Crippen LogP contribution in [0.2, 0.25) is 0 Å². The van der Waals surface area contributed by atoms with E-state index in [0.717, 1.165) is 17.7 Å². The molecule has 2 atom stereocenters. The Kier molecular flexibility index (Phi) is 5.30. The smallest absolute Gasteiger partial charge is 0.317 e. The normalized spacial score (nSPS) is 17.6. The zero-order chi connectivity index (χ0) is 18.6. The Hall–Kier alpha value is -2.52. The van der Waals surface area contributed by atoms with Crippen molar-refractivity contribution in [3.05, 3.63) is 78.9 Å². The Labute approximate surface area is 161 Å². The van der Waals surface area contributed by atoms with Crippen molar-refractivity contribution < 1.29 is 9.26 Å². The van der Waals surface area contributed by atoms with Gasteiger partial charge in [-0.15, -0.1) is 0 Å². The van der Waals surface area contributed by atoms with Gasteiger partial charge in [0.15, 0.2) is 0 Å². The van der Waals surface area contributed by atoms with Crippen LogP contribution in [-0.2, 0) is 4.74 Å². The molecule has 1 aliphatic rings. The number of benzene rings is 1.